The monoisotopic (exact) mass is 243 g/mol. The lowest BCUT2D eigenvalue weighted by atomic mass is 10.3. The van der Waals surface area contributed by atoms with Crippen molar-refractivity contribution in [3.05, 3.63) is 18.1 Å². The molecule has 5 heteroatoms. The van der Waals surface area contributed by atoms with Crippen molar-refractivity contribution < 1.29 is 4.74 Å². The van der Waals surface area contributed by atoms with E-state index in [1.54, 1.807) is 19.5 Å². The fourth-order valence-corrected chi connectivity index (χ4v) is 1.76. The minimum absolute atomic E-state index is 0.273. The molecule has 1 atom stereocenters. The first kappa shape index (κ1) is 13.2. The summed E-state index contributed by atoms with van der Waals surface area (Å²) < 4.78 is 5.15. The van der Waals surface area contributed by atoms with Crippen molar-refractivity contribution in [3.63, 3.8) is 0 Å². The van der Waals surface area contributed by atoms with Crippen LogP contribution in [-0.2, 0) is 10.6 Å². The summed E-state index contributed by atoms with van der Waals surface area (Å²) in [5.41, 5.74) is 0.794. The minimum Gasteiger partial charge on any atom is -0.383 e. The first-order valence-corrected chi connectivity index (χ1v) is 5.88. The van der Waals surface area contributed by atoms with E-state index in [1.165, 1.54) is 0 Å². The molecular formula is C11H18ClN3O. The number of methoxy groups -OCH3 is 1. The molecule has 0 bridgehead atoms. The summed E-state index contributed by atoms with van der Waals surface area (Å²) in [4.78, 5) is 10.7. The van der Waals surface area contributed by atoms with E-state index in [0.717, 1.165) is 18.1 Å². The summed E-state index contributed by atoms with van der Waals surface area (Å²) in [6, 6.07) is 0.273. The van der Waals surface area contributed by atoms with E-state index in [4.69, 9.17) is 16.3 Å². The molecule has 0 spiro atoms. The number of rotatable bonds is 6. The Morgan fingerprint density at radius 3 is 2.81 bits per heavy atom. The number of halogens is 1. The molecule has 0 saturated heterocycles. The SMILES string of the molecule is CCN(c1cncc(CCl)n1)C(C)COC. The van der Waals surface area contributed by atoms with E-state index in [0.29, 0.717) is 12.5 Å². The molecule has 0 aliphatic heterocycles. The Bertz CT molecular complexity index is 322. The largest absolute Gasteiger partial charge is 0.383 e. The molecule has 0 aliphatic rings. The maximum Gasteiger partial charge on any atom is 0.147 e. The van der Waals surface area contributed by atoms with E-state index in [2.05, 4.69) is 28.7 Å². The topological polar surface area (TPSA) is 38.2 Å². The second-order valence-electron chi connectivity index (χ2n) is 3.59. The van der Waals surface area contributed by atoms with Crippen LogP contribution in [0.2, 0.25) is 0 Å². The maximum atomic E-state index is 5.74. The van der Waals surface area contributed by atoms with Gasteiger partial charge in [-0.3, -0.25) is 4.98 Å². The van der Waals surface area contributed by atoms with Gasteiger partial charge in [0, 0.05) is 19.9 Å². The van der Waals surface area contributed by atoms with Gasteiger partial charge in [-0.05, 0) is 13.8 Å². The Morgan fingerprint density at radius 2 is 2.25 bits per heavy atom. The van der Waals surface area contributed by atoms with Gasteiger partial charge in [-0.25, -0.2) is 4.98 Å². The molecule has 0 fully saturated rings. The first-order valence-electron chi connectivity index (χ1n) is 5.35. The summed E-state index contributed by atoms with van der Waals surface area (Å²) in [5, 5.41) is 0. The predicted molar refractivity (Wildman–Crippen MR) is 65.9 cm³/mol. The zero-order valence-corrected chi connectivity index (χ0v) is 10.7. The highest BCUT2D eigenvalue weighted by atomic mass is 35.5. The van der Waals surface area contributed by atoms with Crippen LogP contribution in [0.25, 0.3) is 0 Å². The summed E-state index contributed by atoms with van der Waals surface area (Å²) in [5.74, 6) is 1.24. The highest BCUT2D eigenvalue weighted by Crippen LogP contribution is 2.14. The van der Waals surface area contributed by atoms with Crippen molar-refractivity contribution in [2.45, 2.75) is 25.8 Å². The highest BCUT2D eigenvalue weighted by molar-refractivity contribution is 6.16. The summed E-state index contributed by atoms with van der Waals surface area (Å²) in [6.45, 7) is 5.72. The Kier molecular flexibility index (Phi) is 5.49. The van der Waals surface area contributed by atoms with Crippen molar-refractivity contribution in [1.29, 1.82) is 0 Å². The average Bonchev–Trinajstić information content (AvgIpc) is 2.31. The molecule has 0 radical (unpaired) electrons. The third-order valence-corrected chi connectivity index (χ3v) is 2.66. The normalized spacial score (nSPS) is 12.5. The molecule has 0 aliphatic carbocycles. The third-order valence-electron chi connectivity index (χ3n) is 2.38. The summed E-state index contributed by atoms with van der Waals surface area (Å²) >= 11 is 5.74. The second kappa shape index (κ2) is 6.66. The minimum atomic E-state index is 0.273. The van der Waals surface area contributed by atoms with Gasteiger partial charge in [0.2, 0.25) is 0 Å². The lowest BCUT2D eigenvalue weighted by Gasteiger charge is -2.28. The van der Waals surface area contributed by atoms with E-state index >= 15 is 0 Å². The van der Waals surface area contributed by atoms with Crippen LogP contribution in [0.3, 0.4) is 0 Å². The Morgan fingerprint density at radius 1 is 1.50 bits per heavy atom. The van der Waals surface area contributed by atoms with E-state index in [9.17, 15) is 0 Å². The summed E-state index contributed by atoms with van der Waals surface area (Å²) in [6.07, 6.45) is 3.44. The maximum absolute atomic E-state index is 5.74. The number of anilines is 1. The van der Waals surface area contributed by atoms with Crippen LogP contribution >= 0.6 is 11.6 Å². The van der Waals surface area contributed by atoms with Crippen molar-refractivity contribution in [2.24, 2.45) is 0 Å². The van der Waals surface area contributed by atoms with Gasteiger partial charge in [0.05, 0.1) is 30.4 Å². The molecule has 1 heterocycles. The summed E-state index contributed by atoms with van der Waals surface area (Å²) in [7, 11) is 1.70. The number of likely N-dealkylation sites (N-methyl/N-ethyl adjacent to an activating group) is 1. The van der Waals surface area contributed by atoms with Gasteiger partial charge in [0.15, 0.2) is 0 Å². The Balaban J connectivity index is 2.85. The van der Waals surface area contributed by atoms with Gasteiger partial charge in [-0.1, -0.05) is 0 Å². The van der Waals surface area contributed by atoms with Gasteiger partial charge in [0.1, 0.15) is 5.82 Å². The molecule has 16 heavy (non-hydrogen) atoms. The van der Waals surface area contributed by atoms with Gasteiger partial charge < -0.3 is 9.64 Å². The first-order chi connectivity index (χ1) is 7.72. The van der Waals surface area contributed by atoms with Crippen LogP contribution in [0, 0.1) is 0 Å². The quantitative estimate of drug-likeness (QED) is 0.717. The van der Waals surface area contributed by atoms with Crippen molar-refractivity contribution in [1.82, 2.24) is 9.97 Å². The number of aromatic nitrogens is 2. The van der Waals surface area contributed by atoms with Crippen LogP contribution < -0.4 is 4.90 Å². The van der Waals surface area contributed by atoms with Crippen molar-refractivity contribution in [2.75, 3.05) is 25.2 Å². The predicted octanol–water partition coefficient (Wildman–Crippen LogP) is 2.08. The van der Waals surface area contributed by atoms with Gasteiger partial charge >= 0.3 is 0 Å². The molecular weight excluding hydrogens is 226 g/mol. The molecule has 1 aromatic heterocycles. The smallest absolute Gasteiger partial charge is 0.147 e. The van der Waals surface area contributed by atoms with Gasteiger partial charge in [0.25, 0.3) is 0 Å². The molecule has 90 valence electrons. The molecule has 1 aromatic rings. The van der Waals surface area contributed by atoms with Crippen molar-refractivity contribution >= 4 is 17.4 Å². The van der Waals surface area contributed by atoms with E-state index in [1.807, 2.05) is 0 Å². The number of hydrogen-bond donors (Lipinski definition) is 0. The van der Waals surface area contributed by atoms with Gasteiger partial charge in [-0.15, -0.1) is 11.6 Å². The standard InChI is InChI=1S/C11H18ClN3O/c1-4-15(9(2)8-16-3)11-7-13-6-10(5-12)14-11/h6-7,9H,4-5,8H2,1-3H3. The zero-order valence-electron chi connectivity index (χ0n) is 9.98. The van der Waals surface area contributed by atoms with Crippen molar-refractivity contribution in [3.8, 4) is 0 Å². The molecule has 0 saturated carbocycles. The number of nitrogens with zero attached hydrogens (tertiary/aromatic N) is 3. The third kappa shape index (κ3) is 3.32. The number of ether oxygens (including phenoxy) is 1. The van der Waals surface area contributed by atoms with E-state index in [-0.39, 0.29) is 6.04 Å². The fourth-order valence-electron chi connectivity index (χ4n) is 1.63. The Labute approximate surface area is 102 Å². The number of hydrogen-bond acceptors (Lipinski definition) is 4. The Hall–Kier alpha value is -0.870. The number of alkyl halides is 1. The molecule has 0 aromatic carbocycles. The van der Waals surface area contributed by atoms with Crippen LogP contribution in [0.5, 0.6) is 0 Å². The lowest BCUT2D eigenvalue weighted by Crippen LogP contribution is -2.36. The molecule has 0 N–H and O–H groups in total. The highest BCUT2D eigenvalue weighted by Gasteiger charge is 2.14. The molecule has 1 unspecified atom stereocenters. The average molecular weight is 244 g/mol. The van der Waals surface area contributed by atoms with Crippen LogP contribution in [0.1, 0.15) is 19.5 Å². The fraction of sp³-hybridized carbons (Fsp3) is 0.636. The second-order valence-corrected chi connectivity index (χ2v) is 3.86. The molecule has 1 rings (SSSR count). The van der Waals surface area contributed by atoms with Crippen LogP contribution in [-0.4, -0.2) is 36.3 Å². The van der Waals surface area contributed by atoms with Crippen LogP contribution in [0.4, 0.5) is 5.82 Å². The molecule has 0 amide bonds. The molecule has 4 nitrogen and oxygen atoms in total. The zero-order chi connectivity index (χ0) is 12.0. The lowest BCUT2D eigenvalue weighted by molar-refractivity contribution is 0.181. The van der Waals surface area contributed by atoms with Crippen LogP contribution in [0.15, 0.2) is 12.4 Å². The van der Waals surface area contributed by atoms with E-state index < -0.39 is 0 Å². The van der Waals surface area contributed by atoms with Gasteiger partial charge in [-0.2, -0.15) is 0 Å².